The molecule has 4 rings (SSSR count). The molecule has 0 radical (unpaired) electrons. The van der Waals surface area contributed by atoms with E-state index in [-0.39, 0.29) is 23.3 Å². The lowest BCUT2D eigenvalue weighted by atomic mass is 10.1. The minimum atomic E-state index is -3.81. The van der Waals surface area contributed by atoms with Crippen LogP contribution in [0, 0.1) is 0 Å². The van der Waals surface area contributed by atoms with Crippen LogP contribution < -0.4 is 0 Å². The van der Waals surface area contributed by atoms with E-state index in [1.807, 2.05) is 17.0 Å². The average molecular weight is 418 g/mol. The van der Waals surface area contributed by atoms with Crippen LogP contribution in [0.1, 0.15) is 32.1 Å². The highest BCUT2D eigenvalue weighted by Crippen LogP contribution is 2.27. The number of aromatic nitrogens is 1. The summed E-state index contributed by atoms with van der Waals surface area (Å²) in [7, 11) is -3.81. The molecule has 2 aliphatic rings. The molecule has 0 N–H and O–H groups in total. The van der Waals surface area contributed by atoms with Gasteiger partial charge in [-0.3, -0.25) is 9.59 Å². The summed E-state index contributed by atoms with van der Waals surface area (Å²) in [5.41, 5.74) is 0.698. The number of carbonyl (C=O) groups excluding carboxylic acids is 2. The molecule has 8 heteroatoms. The third kappa shape index (κ3) is 4.17. The van der Waals surface area contributed by atoms with Gasteiger partial charge in [0.15, 0.2) is 9.84 Å². The second-order valence-electron chi connectivity index (χ2n) is 7.93. The van der Waals surface area contributed by atoms with Gasteiger partial charge in [-0.05, 0) is 38.2 Å². The third-order valence-corrected chi connectivity index (χ3v) is 7.50. The summed E-state index contributed by atoms with van der Waals surface area (Å²) in [5, 5.41) is 0.563. The number of rotatable bonds is 5. The van der Waals surface area contributed by atoms with Gasteiger partial charge in [-0.15, -0.1) is 0 Å². The van der Waals surface area contributed by atoms with Crippen LogP contribution in [0.2, 0.25) is 0 Å². The Hall–Kier alpha value is -2.35. The van der Waals surface area contributed by atoms with Crippen LogP contribution in [-0.2, 0) is 26.0 Å². The van der Waals surface area contributed by atoms with Crippen LogP contribution in [0.3, 0.4) is 0 Å². The van der Waals surface area contributed by atoms with Gasteiger partial charge in [0.1, 0.15) is 12.3 Å². The molecule has 2 amide bonds. The average Bonchev–Trinajstić information content (AvgIpc) is 3.37. The number of benzene rings is 1. The van der Waals surface area contributed by atoms with E-state index in [1.165, 1.54) is 6.20 Å². The molecule has 2 saturated heterocycles. The molecule has 0 aliphatic carbocycles. The van der Waals surface area contributed by atoms with E-state index >= 15 is 0 Å². The molecule has 0 spiro atoms. The number of piperidine rings is 1. The topological polar surface area (TPSA) is 79.7 Å². The SMILES string of the molecule is O=C(Cn1cc(S(=O)(=O)CC(=O)N2CCCCC2)c2ccccc21)N1CCCC1. The summed E-state index contributed by atoms with van der Waals surface area (Å²) in [6.07, 6.45) is 6.47. The molecule has 29 heavy (non-hydrogen) atoms. The summed E-state index contributed by atoms with van der Waals surface area (Å²) in [6, 6.07) is 7.16. The van der Waals surface area contributed by atoms with Crippen molar-refractivity contribution in [2.24, 2.45) is 0 Å². The molecular formula is C21H27N3O4S. The Morgan fingerprint density at radius 1 is 0.828 bits per heavy atom. The Morgan fingerprint density at radius 3 is 2.10 bits per heavy atom. The number of sulfone groups is 1. The van der Waals surface area contributed by atoms with Crippen molar-refractivity contribution in [2.45, 2.75) is 43.5 Å². The van der Waals surface area contributed by atoms with Crippen molar-refractivity contribution in [3.8, 4) is 0 Å². The molecule has 2 aromatic rings. The Kier molecular flexibility index (Phi) is 5.63. The van der Waals surface area contributed by atoms with Gasteiger partial charge in [0.2, 0.25) is 11.8 Å². The molecule has 156 valence electrons. The first-order valence-electron chi connectivity index (χ1n) is 10.3. The number of nitrogens with zero attached hydrogens (tertiary/aromatic N) is 3. The monoisotopic (exact) mass is 417 g/mol. The van der Waals surface area contributed by atoms with Gasteiger partial charge in [0.05, 0.1) is 4.90 Å². The van der Waals surface area contributed by atoms with E-state index in [2.05, 4.69) is 0 Å². The van der Waals surface area contributed by atoms with Crippen LogP contribution in [-0.4, -0.2) is 66.5 Å². The zero-order valence-corrected chi connectivity index (χ0v) is 17.4. The Balaban J connectivity index is 1.61. The van der Waals surface area contributed by atoms with Crippen LogP contribution in [0.15, 0.2) is 35.4 Å². The van der Waals surface area contributed by atoms with Crippen molar-refractivity contribution >= 4 is 32.6 Å². The summed E-state index contributed by atoms with van der Waals surface area (Å²) >= 11 is 0. The summed E-state index contributed by atoms with van der Waals surface area (Å²) in [6.45, 7) is 2.87. The highest BCUT2D eigenvalue weighted by molar-refractivity contribution is 7.92. The van der Waals surface area contributed by atoms with E-state index < -0.39 is 15.6 Å². The number of para-hydroxylation sites is 1. The largest absolute Gasteiger partial charge is 0.342 e. The highest BCUT2D eigenvalue weighted by atomic mass is 32.2. The van der Waals surface area contributed by atoms with Crippen molar-refractivity contribution in [3.05, 3.63) is 30.5 Å². The zero-order valence-electron chi connectivity index (χ0n) is 16.5. The van der Waals surface area contributed by atoms with E-state index in [9.17, 15) is 18.0 Å². The molecule has 0 saturated carbocycles. The second-order valence-corrected chi connectivity index (χ2v) is 9.88. The smallest absolute Gasteiger partial charge is 0.242 e. The van der Waals surface area contributed by atoms with Gasteiger partial charge in [0, 0.05) is 43.3 Å². The molecule has 2 fully saturated rings. The molecule has 3 heterocycles. The van der Waals surface area contributed by atoms with Crippen molar-refractivity contribution in [3.63, 3.8) is 0 Å². The highest BCUT2D eigenvalue weighted by Gasteiger charge is 2.28. The predicted octanol–water partition coefficient (Wildman–Crippen LogP) is 2.05. The van der Waals surface area contributed by atoms with Crippen LogP contribution >= 0.6 is 0 Å². The minimum Gasteiger partial charge on any atom is -0.342 e. The maximum atomic E-state index is 13.1. The zero-order chi connectivity index (χ0) is 20.4. The van der Waals surface area contributed by atoms with Gasteiger partial charge in [-0.25, -0.2) is 8.42 Å². The van der Waals surface area contributed by atoms with Gasteiger partial charge in [0.25, 0.3) is 0 Å². The Morgan fingerprint density at radius 2 is 1.41 bits per heavy atom. The molecule has 0 bridgehead atoms. The maximum absolute atomic E-state index is 13.1. The van der Waals surface area contributed by atoms with Gasteiger partial charge in [-0.2, -0.15) is 0 Å². The second kappa shape index (κ2) is 8.18. The van der Waals surface area contributed by atoms with Gasteiger partial charge >= 0.3 is 0 Å². The summed E-state index contributed by atoms with van der Waals surface area (Å²) < 4.78 is 27.9. The lowest BCUT2D eigenvalue weighted by Gasteiger charge is -2.26. The van der Waals surface area contributed by atoms with E-state index in [1.54, 1.807) is 21.6 Å². The van der Waals surface area contributed by atoms with Crippen LogP contribution in [0.25, 0.3) is 10.9 Å². The van der Waals surface area contributed by atoms with Crippen LogP contribution in [0.5, 0.6) is 0 Å². The van der Waals surface area contributed by atoms with Gasteiger partial charge in [-0.1, -0.05) is 18.2 Å². The first kappa shape index (κ1) is 19.9. The van der Waals surface area contributed by atoms with Crippen molar-refractivity contribution in [1.29, 1.82) is 0 Å². The lowest BCUT2D eigenvalue weighted by molar-refractivity contribution is -0.131. The summed E-state index contributed by atoms with van der Waals surface area (Å²) in [4.78, 5) is 28.8. The number of likely N-dealkylation sites (tertiary alicyclic amines) is 2. The summed E-state index contributed by atoms with van der Waals surface area (Å²) in [5.74, 6) is -0.868. The molecular weight excluding hydrogens is 390 g/mol. The van der Waals surface area contributed by atoms with E-state index in [4.69, 9.17) is 0 Å². The minimum absolute atomic E-state index is 0.00315. The first-order chi connectivity index (χ1) is 14.0. The molecule has 2 aliphatic heterocycles. The quantitative estimate of drug-likeness (QED) is 0.746. The standard InChI is InChI=1S/C21H27N3O4S/c25-20(22-12-6-7-13-22)15-24-14-19(17-8-2-3-9-18(17)24)29(27,28)16-21(26)23-10-4-1-5-11-23/h2-3,8-9,14H,1,4-7,10-13,15-16H2. The van der Waals surface area contributed by atoms with E-state index in [0.29, 0.717) is 24.0 Å². The van der Waals surface area contributed by atoms with Crippen molar-refractivity contribution in [1.82, 2.24) is 14.4 Å². The third-order valence-electron chi connectivity index (χ3n) is 5.87. The fraction of sp³-hybridized carbons (Fsp3) is 0.524. The first-order valence-corrected chi connectivity index (χ1v) is 12.0. The molecule has 1 aromatic carbocycles. The normalized spacial score (nSPS) is 17.8. The fourth-order valence-electron chi connectivity index (χ4n) is 4.28. The fourth-order valence-corrected chi connectivity index (χ4v) is 5.74. The number of amides is 2. The number of hydrogen-bond acceptors (Lipinski definition) is 4. The maximum Gasteiger partial charge on any atom is 0.242 e. The van der Waals surface area contributed by atoms with Crippen molar-refractivity contribution < 1.29 is 18.0 Å². The van der Waals surface area contributed by atoms with Crippen LogP contribution in [0.4, 0.5) is 0 Å². The predicted molar refractivity (Wildman–Crippen MR) is 110 cm³/mol. The molecule has 7 nitrogen and oxygen atoms in total. The number of hydrogen-bond donors (Lipinski definition) is 0. The number of fused-ring (bicyclic) bond motifs is 1. The molecule has 0 atom stereocenters. The Labute approximate surface area is 171 Å². The Bertz CT molecular complexity index is 1020. The lowest BCUT2D eigenvalue weighted by Crippen LogP contribution is -2.39. The van der Waals surface area contributed by atoms with Crippen molar-refractivity contribution in [2.75, 3.05) is 31.9 Å². The number of carbonyl (C=O) groups is 2. The van der Waals surface area contributed by atoms with Gasteiger partial charge < -0.3 is 14.4 Å². The molecule has 1 aromatic heterocycles. The molecule has 0 unspecified atom stereocenters. The van der Waals surface area contributed by atoms with E-state index in [0.717, 1.165) is 45.2 Å².